The molecule has 5 rings (SSSR count). The van der Waals surface area contributed by atoms with Gasteiger partial charge >= 0.3 is 0 Å². The Morgan fingerprint density at radius 3 is 1.32 bits per heavy atom. The van der Waals surface area contributed by atoms with Gasteiger partial charge in [-0.15, -0.1) is 0 Å². The van der Waals surface area contributed by atoms with E-state index in [-0.39, 0.29) is 0 Å². The van der Waals surface area contributed by atoms with Crippen LogP contribution >= 0.6 is 11.8 Å². The van der Waals surface area contributed by atoms with Crippen molar-refractivity contribution in [2.75, 3.05) is 16.8 Å². The fraction of sp³-hybridized carbons (Fsp3) is 0. The molecule has 0 radical (unpaired) electrons. The van der Waals surface area contributed by atoms with E-state index < -0.39 is 0 Å². The van der Waals surface area contributed by atoms with Gasteiger partial charge in [-0.25, -0.2) is 0 Å². The molecule has 4 heteroatoms. The van der Waals surface area contributed by atoms with Crippen LogP contribution < -0.4 is 16.8 Å². The second-order valence-electron chi connectivity index (χ2n) is 6.89. The predicted octanol–water partition coefficient (Wildman–Crippen LogP) is 6.39. The molecule has 0 amide bonds. The van der Waals surface area contributed by atoms with Crippen LogP contribution in [0.2, 0.25) is 0 Å². The minimum absolute atomic E-state index is 0.780. The van der Waals surface area contributed by atoms with Gasteiger partial charge in [0.1, 0.15) is 0 Å². The normalized spacial score (nSPS) is 12.0. The van der Waals surface area contributed by atoms with Gasteiger partial charge in [0.25, 0.3) is 0 Å². The van der Waals surface area contributed by atoms with Crippen molar-refractivity contribution in [3.8, 4) is 22.3 Å². The van der Waals surface area contributed by atoms with Gasteiger partial charge in [0, 0.05) is 21.2 Å². The number of anilines is 4. The molecule has 0 spiro atoms. The molecule has 3 nitrogen and oxygen atoms in total. The van der Waals surface area contributed by atoms with Crippen molar-refractivity contribution >= 4 is 34.5 Å². The fourth-order valence-corrected chi connectivity index (χ4v) is 4.46. The third-order valence-electron chi connectivity index (χ3n) is 4.94. The van der Waals surface area contributed by atoms with Gasteiger partial charge in [-0.3, -0.25) is 0 Å². The molecular weight excluding hydrogens is 362 g/mol. The number of fused-ring (bicyclic) bond motifs is 2. The van der Waals surface area contributed by atoms with Gasteiger partial charge in [0.2, 0.25) is 0 Å². The molecule has 0 atom stereocenters. The summed E-state index contributed by atoms with van der Waals surface area (Å²) < 4.78 is 0. The smallest absolute Gasteiger partial charge is 0.0526 e. The van der Waals surface area contributed by atoms with E-state index in [1.54, 1.807) is 11.8 Å². The van der Waals surface area contributed by atoms with Crippen LogP contribution in [-0.2, 0) is 0 Å². The molecule has 0 bridgehead atoms. The average Bonchev–Trinajstić information content (AvgIpc) is 2.72. The molecule has 0 unspecified atom stereocenters. The number of hydrogen-bond acceptors (Lipinski definition) is 4. The van der Waals surface area contributed by atoms with E-state index >= 15 is 0 Å². The van der Waals surface area contributed by atoms with Crippen LogP contribution in [0.4, 0.5) is 22.7 Å². The highest BCUT2D eigenvalue weighted by molar-refractivity contribution is 7.99. The molecule has 4 aromatic carbocycles. The lowest BCUT2D eigenvalue weighted by Gasteiger charge is -2.22. The number of hydrogen-bond donors (Lipinski definition) is 3. The molecular formula is C24H19N3S. The van der Waals surface area contributed by atoms with Crippen molar-refractivity contribution in [2.24, 2.45) is 0 Å². The molecule has 1 aliphatic rings. The van der Waals surface area contributed by atoms with Crippen LogP contribution in [-0.4, -0.2) is 0 Å². The lowest BCUT2D eigenvalue weighted by atomic mass is 10.0. The van der Waals surface area contributed by atoms with Crippen LogP contribution in [0.15, 0.2) is 94.7 Å². The molecule has 0 saturated heterocycles. The molecule has 0 fully saturated rings. The van der Waals surface area contributed by atoms with Gasteiger partial charge in [-0.1, -0.05) is 48.2 Å². The number of rotatable bonds is 2. The maximum atomic E-state index is 5.82. The zero-order valence-corrected chi connectivity index (χ0v) is 16.0. The SMILES string of the molecule is Nc1ccc(-c2ccc3c(c2)Sc2cc(-c4ccc(N)cc4)ccc2N3)cc1. The maximum Gasteiger partial charge on any atom is 0.0526 e. The molecule has 136 valence electrons. The summed E-state index contributed by atoms with van der Waals surface area (Å²) in [6.07, 6.45) is 0. The molecule has 0 aliphatic carbocycles. The van der Waals surface area contributed by atoms with Crippen LogP contribution in [0.25, 0.3) is 22.3 Å². The number of nitrogen functional groups attached to an aromatic ring is 2. The zero-order chi connectivity index (χ0) is 19.1. The fourth-order valence-electron chi connectivity index (χ4n) is 3.39. The average molecular weight is 382 g/mol. The van der Waals surface area contributed by atoms with E-state index in [1.807, 2.05) is 24.3 Å². The van der Waals surface area contributed by atoms with Gasteiger partial charge in [0.15, 0.2) is 0 Å². The summed E-state index contributed by atoms with van der Waals surface area (Å²) in [5, 5.41) is 3.56. The van der Waals surface area contributed by atoms with Crippen molar-refractivity contribution in [3.05, 3.63) is 84.9 Å². The first-order chi connectivity index (χ1) is 13.7. The van der Waals surface area contributed by atoms with Crippen LogP contribution in [0.3, 0.4) is 0 Å². The van der Waals surface area contributed by atoms with Crippen molar-refractivity contribution in [3.63, 3.8) is 0 Å². The minimum Gasteiger partial charge on any atom is -0.399 e. The monoisotopic (exact) mass is 381 g/mol. The minimum atomic E-state index is 0.780. The summed E-state index contributed by atoms with van der Waals surface area (Å²) in [7, 11) is 0. The van der Waals surface area contributed by atoms with E-state index in [9.17, 15) is 0 Å². The summed E-state index contributed by atoms with van der Waals surface area (Å²) in [6.45, 7) is 0. The second kappa shape index (κ2) is 6.66. The van der Waals surface area contributed by atoms with Crippen LogP contribution in [0.5, 0.6) is 0 Å². The predicted molar refractivity (Wildman–Crippen MR) is 120 cm³/mol. The molecule has 0 aromatic heterocycles. The first kappa shape index (κ1) is 16.8. The topological polar surface area (TPSA) is 64.1 Å². The summed E-state index contributed by atoms with van der Waals surface area (Å²) in [5.74, 6) is 0. The van der Waals surface area contributed by atoms with Gasteiger partial charge in [0.05, 0.1) is 11.4 Å². The third kappa shape index (κ3) is 3.08. The largest absolute Gasteiger partial charge is 0.399 e. The van der Waals surface area contributed by atoms with Crippen LogP contribution in [0.1, 0.15) is 0 Å². The Kier molecular flexibility index (Phi) is 3.99. The van der Waals surface area contributed by atoms with Crippen LogP contribution in [0, 0.1) is 0 Å². The van der Waals surface area contributed by atoms with E-state index in [4.69, 9.17) is 11.5 Å². The highest BCUT2D eigenvalue weighted by Gasteiger charge is 2.17. The van der Waals surface area contributed by atoms with Gasteiger partial charge in [-0.05, 0) is 70.8 Å². The Morgan fingerprint density at radius 2 is 0.893 bits per heavy atom. The molecule has 28 heavy (non-hydrogen) atoms. The second-order valence-corrected chi connectivity index (χ2v) is 7.98. The Morgan fingerprint density at radius 1 is 0.500 bits per heavy atom. The van der Waals surface area contributed by atoms with Crippen molar-refractivity contribution in [2.45, 2.75) is 9.79 Å². The lowest BCUT2D eigenvalue weighted by molar-refractivity contribution is 1.31. The van der Waals surface area contributed by atoms with Crippen molar-refractivity contribution in [1.82, 2.24) is 0 Å². The number of benzene rings is 4. The molecule has 0 saturated carbocycles. The van der Waals surface area contributed by atoms with E-state index in [1.165, 1.54) is 32.0 Å². The van der Waals surface area contributed by atoms with Gasteiger partial charge in [-0.2, -0.15) is 0 Å². The highest BCUT2D eigenvalue weighted by Crippen LogP contribution is 2.46. The van der Waals surface area contributed by atoms with Gasteiger partial charge < -0.3 is 16.8 Å². The Hall–Kier alpha value is -3.37. The summed E-state index contributed by atoms with van der Waals surface area (Å²) >= 11 is 1.79. The van der Waals surface area contributed by atoms with Crippen molar-refractivity contribution in [1.29, 1.82) is 0 Å². The van der Waals surface area contributed by atoms with E-state index in [2.05, 4.69) is 66.0 Å². The Bertz CT molecular complexity index is 1070. The zero-order valence-electron chi connectivity index (χ0n) is 15.1. The first-order valence-electron chi connectivity index (χ1n) is 9.10. The quantitative estimate of drug-likeness (QED) is 0.310. The highest BCUT2D eigenvalue weighted by atomic mass is 32.2. The lowest BCUT2D eigenvalue weighted by Crippen LogP contribution is -2.00. The molecule has 4 aromatic rings. The molecule has 5 N–H and O–H groups in total. The van der Waals surface area contributed by atoms with E-state index in [0.717, 1.165) is 22.7 Å². The van der Waals surface area contributed by atoms with Crippen molar-refractivity contribution < 1.29 is 0 Å². The summed E-state index contributed by atoms with van der Waals surface area (Å²) in [6, 6.07) is 29.0. The standard InChI is InChI=1S/C24H19N3S/c25-19-7-1-15(2-8-19)17-5-11-21-23(13-17)28-24-14-18(6-12-22(24)27-21)16-3-9-20(26)10-4-16/h1-14,27H,25-26H2. The molecule has 1 heterocycles. The van der Waals surface area contributed by atoms with E-state index in [0.29, 0.717) is 0 Å². The number of nitrogens with two attached hydrogens (primary N) is 2. The molecule has 1 aliphatic heterocycles. The maximum absolute atomic E-state index is 5.82. The summed E-state index contributed by atoms with van der Waals surface area (Å²) in [5.41, 5.74) is 20.2. The Labute approximate surface area is 168 Å². The third-order valence-corrected chi connectivity index (χ3v) is 6.06. The Balaban J connectivity index is 1.49. The summed E-state index contributed by atoms with van der Waals surface area (Å²) in [4.78, 5) is 2.44. The first-order valence-corrected chi connectivity index (χ1v) is 9.92. The number of nitrogens with one attached hydrogen (secondary N) is 1.